The molecule has 2 N–H and O–H groups in total. The Bertz CT molecular complexity index is 1630. The molecule has 5 aromatic rings. The van der Waals surface area contributed by atoms with Gasteiger partial charge in [0.05, 0.1) is 25.3 Å². The third-order valence-electron chi connectivity index (χ3n) is 7.42. The van der Waals surface area contributed by atoms with Crippen molar-refractivity contribution in [2.75, 3.05) is 32.9 Å². The van der Waals surface area contributed by atoms with Gasteiger partial charge in [0, 0.05) is 41.5 Å². The molecule has 1 aliphatic heterocycles. The minimum atomic E-state index is -1.34. The second-order valence-corrected chi connectivity index (χ2v) is 10.0. The Labute approximate surface area is 232 Å². The summed E-state index contributed by atoms with van der Waals surface area (Å²) in [6, 6.07) is 28.8. The summed E-state index contributed by atoms with van der Waals surface area (Å²) in [6.07, 6.45) is -0.0341. The van der Waals surface area contributed by atoms with E-state index in [-0.39, 0.29) is 5.88 Å². The zero-order valence-electron chi connectivity index (χ0n) is 22.3. The smallest absolute Gasteiger partial charge is 0.493 e. The molecule has 0 atom stereocenters. The zero-order chi connectivity index (χ0) is 27.3. The molecule has 1 fully saturated rings. The summed E-state index contributed by atoms with van der Waals surface area (Å²) in [5.41, 5.74) is 5.02. The monoisotopic (exact) mass is 536 g/mol. The number of morpholine rings is 1. The summed E-state index contributed by atoms with van der Waals surface area (Å²) in [6.45, 7) is 4.76. The van der Waals surface area contributed by atoms with Gasteiger partial charge in [0.2, 0.25) is 5.88 Å². The number of benzene rings is 4. The van der Waals surface area contributed by atoms with Gasteiger partial charge in [-0.3, -0.25) is 4.90 Å². The van der Waals surface area contributed by atoms with Crippen molar-refractivity contribution in [3.63, 3.8) is 0 Å². The van der Waals surface area contributed by atoms with Crippen molar-refractivity contribution in [1.82, 2.24) is 9.88 Å². The topological polar surface area (TPSA) is 84.0 Å². The fourth-order valence-electron chi connectivity index (χ4n) is 5.52. The Morgan fingerprint density at radius 3 is 2.58 bits per heavy atom. The number of para-hydroxylation sites is 1. The van der Waals surface area contributed by atoms with Gasteiger partial charge >= 0.3 is 6.16 Å². The number of carboxylic acid groups (broad SMARTS) is 1. The first-order valence-corrected chi connectivity index (χ1v) is 13.7. The summed E-state index contributed by atoms with van der Waals surface area (Å²) >= 11 is 0. The van der Waals surface area contributed by atoms with Crippen LogP contribution in [0.25, 0.3) is 32.8 Å². The lowest BCUT2D eigenvalue weighted by Gasteiger charge is -2.26. The van der Waals surface area contributed by atoms with Crippen molar-refractivity contribution in [3.8, 4) is 22.8 Å². The van der Waals surface area contributed by atoms with Crippen LogP contribution in [0.3, 0.4) is 0 Å². The molecule has 1 saturated heterocycles. The summed E-state index contributed by atoms with van der Waals surface area (Å²) in [4.78, 5) is 17.2. The van der Waals surface area contributed by atoms with E-state index in [1.807, 2.05) is 36.4 Å². The number of hydrogen-bond acceptors (Lipinski definition) is 5. The van der Waals surface area contributed by atoms with Crippen LogP contribution in [0.15, 0.2) is 84.9 Å². The van der Waals surface area contributed by atoms with Crippen LogP contribution < -0.4 is 9.47 Å². The number of aromatic nitrogens is 1. The number of rotatable bonds is 9. The maximum Gasteiger partial charge on any atom is 0.512 e. The summed E-state index contributed by atoms with van der Waals surface area (Å²) in [5.74, 6) is 1.11. The number of aromatic amines is 1. The maximum atomic E-state index is 11.5. The minimum absolute atomic E-state index is 0.268. The van der Waals surface area contributed by atoms with E-state index in [0.29, 0.717) is 19.4 Å². The quantitative estimate of drug-likeness (QED) is 0.158. The van der Waals surface area contributed by atoms with E-state index in [4.69, 9.17) is 14.2 Å². The Morgan fingerprint density at radius 1 is 0.925 bits per heavy atom. The number of fused-ring (bicyclic) bond motifs is 2. The van der Waals surface area contributed by atoms with Crippen LogP contribution >= 0.6 is 0 Å². The predicted molar refractivity (Wildman–Crippen MR) is 156 cm³/mol. The van der Waals surface area contributed by atoms with Crippen LogP contribution in [0.2, 0.25) is 0 Å². The fourth-order valence-corrected chi connectivity index (χ4v) is 5.52. The van der Waals surface area contributed by atoms with Crippen molar-refractivity contribution in [3.05, 3.63) is 96.1 Å². The first kappa shape index (κ1) is 25.9. The minimum Gasteiger partial charge on any atom is -0.493 e. The van der Waals surface area contributed by atoms with Crippen LogP contribution in [0.4, 0.5) is 4.79 Å². The third-order valence-corrected chi connectivity index (χ3v) is 7.42. The van der Waals surface area contributed by atoms with Crippen LogP contribution in [0.1, 0.15) is 17.5 Å². The molecule has 6 rings (SSSR count). The molecule has 0 radical (unpaired) electrons. The Balaban J connectivity index is 1.24. The average molecular weight is 537 g/mol. The Kier molecular flexibility index (Phi) is 7.66. The number of H-pyrrole nitrogens is 1. The van der Waals surface area contributed by atoms with E-state index in [0.717, 1.165) is 77.0 Å². The highest BCUT2D eigenvalue weighted by Gasteiger charge is 2.19. The molecule has 204 valence electrons. The SMILES string of the molecule is O=C(O)Oc1[nH]c2c(-c3cccc(CN4CCOCC4)c3)cccc2c1CCCOc1cccc2ccccc12. The zero-order valence-corrected chi connectivity index (χ0v) is 22.3. The van der Waals surface area contributed by atoms with Gasteiger partial charge in [0.15, 0.2) is 0 Å². The molecular weight excluding hydrogens is 504 g/mol. The Morgan fingerprint density at radius 2 is 1.70 bits per heavy atom. The summed E-state index contributed by atoms with van der Waals surface area (Å²) in [5, 5.41) is 12.6. The molecule has 40 heavy (non-hydrogen) atoms. The number of aryl methyl sites for hydroxylation is 1. The molecule has 0 amide bonds. The lowest BCUT2D eigenvalue weighted by Crippen LogP contribution is -2.35. The van der Waals surface area contributed by atoms with Crippen molar-refractivity contribution in [1.29, 1.82) is 0 Å². The number of nitrogens with zero attached hydrogens (tertiary/aromatic N) is 1. The van der Waals surface area contributed by atoms with Crippen LogP contribution in [-0.2, 0) is 17.7 Å². The van der Waals surface area contributed by atoms with Crippen molar-refractivity contribution >= 4 is 27.8 Å². The van der Waals surface area contributed by atoms with Gasteiger partial charge in [-0.2, -0.15) is 0 Å². The number of carbonyl (C=O) groups is 1. The molecule has 0 bridgehead atoms. The van der Waals surface area contributed by atoms with Crippen molar-refractivity contribution in [2.24, 2.45) is 0 Å². The molecule has 1 aromatic heterocycles. The predicted octanol–water partition coefficient (Wildman–Crippen LogP) is 6.89. The molecule has 7 nitrogen and oxygen atoms in total. The van der Waals surface area contributed by atoms with Crippen LogP contribution in [0.5, 0.6) is 11.6 Å². The molecule has 7 heteroatoms. The molecule has 0 saturated carbocycles. The lowest BCUT2D eigenvalue weighted by atomic mass is 9.99. The number of ether oxygens (including phenoxy) is 3. The van der Waals surface area contributed by atoms with Gasteiger partial charge < -0.3 is 24.3 Å². The van der Waals surface area contributed by atoms with E-state index in [2.05, 4.69) is 58.4 Å². The number of hydrogen-bond donors (Lipinski definition) is 2. The highest BCUT2D eigenvalue weighted by molar-refractivity contribution is 5.98. The van der Waals surface area contributed by atoms with Crippen LogP contribution in [-0.4, -0.2) is 54.1 Å². The van der Waals surface area contributed by atoms with E-state index < -0.39 is 6.16 Å². The molecule has 1 aliphatic rings. The van der Waals surface area contributed by atoms with Gasteiger partial charge in [-0.25, -0.2) is 4.79 Å². The number of nitrogens with one attached hydrogen (secondary N) is 1. The van der Waals surface area contributed by atoms with Gasteiger partial charge in [0.25, 0.3) is 0 Å². The molecule has 0 aliphatic carbocycles. The van der Waals surface area contributed by atoms with Gasteiger partial charge in [-0.1, -0.05) is 72.8 Å². The van der Waals surface area contributed by atoms with Crippen LogP contribution in [0, 0.1) is 0 Å². The molecule has 0 unspecified atom stereocenters. The first-order chi connectivity index (χ1) is 19.7. The largest absolute Gasteiger partial charge is 0.512 e. The van der Waals surface area contributed by atoms with Gasteiger partial charge in [-0.15, -0.1) is 0 Å². The third kappa shape index (κ3) is 5.66. The molecule has 2 heterocycles. The molecule has 0 spiro atoms. The van der Waals surface area contributed by atoms with E-state index in [1.54, 1.807) is 0 Å². The summed E-state index contributed by atoms with van der Waals surface area (Å²) in [7, 11) is 0. The standard InChI is InChI=1S/C33H32N2O5/c36-33(37)40-32-29(14-6-18-39-30-15-4-9-24-8-1-2-11-26(24)30)28-13-5-12-27(31(28)34-32)25-10-3-7-23(21-25)22-35-16-19-38-20-17-35/h1-5,7-13,15,21,34H,6,14,16-20,22H2,(H,36,37). The second kappa shape index (κ2) is 11.8. The van der Waals surface area contributed by atoms with E-state index in [1.165, 1.54) is 5.56 Å². The highest BCUT2D eigenvalue weighted by Crippen LogP contribution is 2.36. The van der Waals surface area contributed by atoms with E-state index >= 15 is 0 Å². The molecular formula is C33H32N2O5. The normalized spacial score (nSPS) is 14.0. The van der Waals surface area contributed by atoms with E-state index in [9.17, 15) is 9.90 Å². The summed E-state index contributed by atoms with van der Waals surface area (Å²) < 4.78 is 16.8. The van der Waals surface area contributed by atoms with Crippen molar-refractivity contribution < 1.29 is 24.1 Å². The maximum absolute atomic E-state index is 11.5. The fraction of sp³-hybridized carbons (Fsp3) is 0.242. The lowest BCUT2D eigenvalue weighted by molar-refractivity contribution is 0.0342. The highest BCUT2D eigenvalue weighted by atomic mass is 16.7. The Hall–Kier alpha value is -4.33. The van der Waals surface area contributed by atoms with Gasteiger partial charge in [0.1, 0.15) is 5.75 Å². The molecule has 4 aromatic carbocycles. The van der Waals surface area contributed by atoms with Crippen molar-refractivity contribution in [2.45, 2.75) is 19.4 Å². The first-order valence-electron chi connectivity index (χ1n) is 13.7. The van der Waals surface area contributed by atoms with Gasteiger partial charge in [-0.05, 0) is 41.5 Å². The average Bonchev–Trinajstić information content (AvgIpc) is 3.32. The second-order valence-electron chi connectivity index (χ2n) is 10.0.